The van der Waals surface area contributed by atoms with Crippen molar-refractivity contribution in [3.05, 3.63) is 0 Å². The molecule has 0 saturated heterocycles. The fourth-order valence-electron chi connectivity index (χ4n) is 8.32. The first-order chi connectivity index (χ1) is 12.6. The quantitative estimate of drug-likeness (QED) is 0.785. The monoisotopic (exact) mass is 378 g/mol. The second-order valence-corrected chi connectivity index (χ2v) is 10.9. The van der Waals surface area contributed by atoms with Gasteiger partial charge in [-0.25, -0.2) is 0 Å². The second-order valence-electron chi connectivity index (χ2n) is 10.9. The van der Waals surface area contributed by atoms with Crippen molar-refractivity contribution in [2.75, 3.05) is 13.7 Å². The molecule has 0 bridgehead atoms. The summed E-state index contributed by atoms with van der Waals surface area (Å²) < 4.78 is 5.31. The number of rotatable bonds is 3. The summed E-state index contributed by atoms with van der Waals surface area (Å²) in [6.45, 7) is 6.68. The third kappa shape index (κ3) is 2.62. The van der Waals surface area contributed by atoms with Crippen LogP contribution in [-0.4, -0.2) is 40.9 Å². The van der Waals surface area contributed by atoms with Gasteiger partial charge in [-0.05, 0) is 93.8 Å². The summed E-state index contributed by atoms with van der Waals surface area (Å²) in [5.74, 6) is 2.27. The number of ketones is 1. The number of carbonyl (C=O) groups is 1. The van der Waals surface area contributed by atoms with E-state index in [2.05, 4.69) is 13.8 Å². The lowest BCUT2D eigenvalue weighted by Crippen LogP contribution is -2.59. The van der Waals surface area contributed by atoms with Crippen molar-refractivity contribution in [1.82, 2.24) is 0 Å². The van der Waals surface area contributed by atoms with Crippen LogP contribution in [-0.2, 0) is 9.53 Å². The van der Waals surface area contributed by atoms with Gasteiger partial charge in [0.2, 0.25) is 0 Å². The van der Waals surface area contributed by atoms with Crippen molar-refractivity contribution in [1.29, 1.82) is 0 Å². The molecule has 154 valence electrons. The highest BCUT2D eigenvalue weighted by Gasteiger charge is 2.66. The van der Waals surface area contributed by atoms with Gasteiger partial charge in [0.1, 0.15) is 5.60 Å². The number of ether oxygens (including phenoxy) is 1. The van der Waals surface area contributed by atoms with E-state index in [4.69, 9.17) is 4.74 Å². The minimum Gasteiger partial charge on any atom is -0.387 e. The highest BCUT2D eigenvalue weighted by atomic mass is 16.5. The molecule has 2 N–H and O–H groups in total. The maximum Gasteiger partial charge on any atom is 0.161 e. The van der Waals surface area contributed by atoms with Crippen LogP contribution in [0.15, 0.2) is 0 Å². The average Bonchev–Trinajstić information content (AvgIpc) is 2.89. The summed E-state index contributed by atoms with van der Waals surface area (Å²) in [6, 6.07) is 0. The molecular weight excluding hydrogens is 340 g/mol. The molecular formula is C23H38O4. The summed E-state index contributed by atoms with van der Waals surface area (Å²) in [6.07, 6.45) is 8.80. The van der Waals surface area contributed by atoms with Gasteiger partial charge in [0, 0.05) is 12.5 Å². The summed E-state index contributed by atoms with van der Waals surface area (Å²) in [5, 5.41) is 22.2. The van der Waals surface area contributed by atoms with Gasteiger partial charge in [-0.3, -0.25) is 4.79 Å². The van der Waals surface area contributed by atoms with Gasteiger partial charge in [0.25, 0.3) is 0 Å². The van der Waals surface area contributed by atoms with Crippen LogP contribution in [0.25, 0.3) is 0 Å². The molecule has 4 rings (SSSR count). The van der Waals surface area contributed by atoms with Gasteiger partial charge >= 0.3 is 0 Å². The van der Waals surface area contributed by atoms with Crippen molar-refractivity contribution in [3.8, 4) is 0 Å². The molecule has 4 saturated carbocycles. The van der Waals surface area contributed by atoms with Crippen LogP contribution in [0, 0.1) is 34.5 Å². The SMILES string of the molecule is COC[C@@]1(O)CC[C@@]2(C)[C@H](CC[C@@H]3[C@@H]2CC[C@@]2(C)[C@H]3CCC2(O)C(C)=O)C1. The van der Waals surface area contributed by atoms with Crippen LogP contribution < -0.4 is 0 Å². The molecule has 8 atom stereocenters. The van der Waals surface area contributed by atoms with E-state index < -0.39 is 11.2 Å². The Balaban J connectivity index is 1.59. The lowest BCUT2D eigenvalue weighted by atomic mass is 9.43. The Labute approximate surface area is 164 Å². The number of carbonyl (C=O) groups excluding carboxylic acids is 1. The maximum atomic E-state index is 12.3. The Morgan fingerprint density at radius 3 is 2.37 bits per heavy atom. The van der Waals surface area contributed by atoms with Crippen LogP contribution in [0.4, 0.5) is 0 Å². The van der Waals surface area contributed by atoms with E-state index in [1.54, 1.807) is 14.0 Å². The van der Waals surface area contributed by atoms with Gasteiger partial charge in [-0.2, -0.15) is 0 Å². The van der Waals surface area contributed by atoms with E-state index in [0.29, 0.717) is 36.7 Å². The van der Waals surface area contributed by atoms with Crippen LogP contribution in [0.3, 0.4) is 0 Å². The third-order valence-corrected chi connectivity index (χ3v) is 9.97. The number of methoxy groups -OCH3 is 1. The fourth-order valence-corrected chi connectivity index (χ4v) is 8.32. The minimum atomic E-state index is -1.12. The summed E-state index contributed by atoms with van der Waals surface area (Å²) in [7, 11) is 1.68. The summed E-state index contributed by atoms with van der Waals surface area (Å²) >= 11 is 0. The van der Waals surface area contributed by atoms with Crippen LogP contribution in [0.1, 0.15) is 78.6 Å². The molecule has 27 heavy (non-hydrogen) atoms. The van der Waals surface area contributed by atoms with Crippen LogP contribution in [0.5, 0.6) is 0 Å². The molecule has 0 aliphatic heterocycles. The number of fused-ring (bicyclic) bond motifs is 5. The predicted octanol–water partition coefficient (Wildman–Crippen LogP) is 3.73. The maximum absolute atomic E-state index is 12.3. The third-order valence-electron chi connectivity index (χ3n) is 9.97. The number of Topliss-reactive ketones (excluding diaryl/α,β-unsaturated/α-hetero) is 1. The Bertz CT molecular complexity index is 619. The molecule has 0 aromatic carbocycles. The molecule has 0 heterocycles. The Morgan fingerprint density at radius 2 is 1.70 bits per heavy atom. The molecule has 4 nitrogen and oxygen atoms in total. The Morgan fingerprint density at radius 1 is 1.00 bits per heavy atom. The standard InChI is InChI=1S/C23H38O4/c1-15(24)23(26)10-8-19-17-6-5-16-13-22(25,14-27-4)12-11-20(16,2)18(17)7-9-21(19,23)3/h16-19,25-26H,5-14H2,1-4H3/t16-,17-,18+,19+,20+,21+,22-,23?/m1/s1. The highest BCUT2D eigenvalue weighted by Crippen LogP contribution is 2.68. The smallest absolute Gasteiger partial charge is 0.161 e. The highest BCUT2D eigenvalue weighted by molar-refractivity contribution is 5.86. The number of aliphatic hydroxyl groups is 2. The Hall–Kier alpha value is -0.450. The molecule has 0 spiro atoms. The molecule has 0 radical (unpaired) electrons. The second kappa shape index (κ2) is 6.27. The first-order valence-electron chi connectivity index (χ1n) is 11.0. The van der Waals surface area contributed by atoms with Crippen molar-refractivity contribution in [3.63, 3.8) is 0 Å². The van der Waals surface area contributed by atoms with Crippen molar-refractivity contribution in [2.24, 2.45) is 34.5 Å². The van der Waals surface area contributed by atoms with Gasteiger partial charge in [-0.1, -0.05) is 13.8 Å². The Kier molecular flexibility index (Phi) is 4.61. The minimum absolute atomic E-state index is 0.0341. The summed E-state index contributed by atoms with van der Waals surface area (Å²) in [4.78, 5) is 12.3. The zero-order valence-corrected chi connectivity index (χ0v) is 17.6. The van der Waals surface area contributed by atoms with Crippen molar-refractivity contribution >= 4 is 5.78 Å². The van der Waals surface area contributed by atoms with Gasteiger partial charge in [0.15, 0.2) is 5.78 Å². The van der Waals surface area contributed by atoms with Gasteiger partial charge in [0.05, 0.1) is 12.2 Å². The molecule has 1 unspecified atom stereocenters. The van der Waals surface area contributed by atoms with E-state index in [0.717, 1.165) is 44.9 Å². The van der Waals surface area contributed by atoms with E-state index in [9.17, 15) is 15.0 Å². The molecule has 0 amide bonds. The van der Waals surface area contributed by atoms with Crippen LogP contribution >= 0.6 is 0 Å². The molecule has 4 heteroatoms. The van der Waals surface area contributed by atoms with E-state index in [1.807, 2.05) is 0 Å². The molecule has 0 aromatic rings. The lowest BCUT2D eigenvalue weighted by molar-refractivity contribution is -0.181. The van der Waals surface area contributed by atoms with Gasteiger partial charge in [-0.15, -0.1) is 0 Å². The zero-order valence-electron chi connectivity index (χ0n) is 17.6. The molecule has 0 aromatic heterocycles. The van der Waals surface area contributed by atoms with E-state index >= 15 is 0 Å². The predicted molar refractivity (Wildman–Crippen MR) is 104 cm³/mol. The first kappa shape index (κ1) is 19.8. The van der Waals surface area contributed by atoms with E-state index in [-0.39, 0.29) is 16.6 Å². The molecule has 4 aliphatic rings. The largest absolute Gasteiger partial charge is 0.387 e. The number of hydrogen-bond donors (Lipinski definition) is 2. The van der Waals surface area contributed by atoms with Gasteiger partial charge < -0.3 is 14.9 Å². The lowest BCUT2D eigenvalue weighted by Gasteiger charge is -2.62. The van der Waals surface area contributed by atoms with E-state index in [1.165, 1.54) is 6.42 Å². The summed E-state index contributed by atoms with van der Waals surface area (Å²) in [5.41, 5.74) is -1.75. The van der Waals surface area contributed by atoms with Crippen molar-refractivity contribution in [2.45, 2.75) is 89.8 Å². The normalized spacial score (nSPS) is 54.7. The fraction of sp³-hybridized carbons (Fsp3) is 0.957. The van der Waals surface area contributed by atoms with Crippen LogP contribution in [0.2, 0.25) is 0 Å². The zero-order chi connectivity index (χ0) is 19.7. The first-order valence-corrected chi connectivity index (χ1v) is 11.0. The topological polar surface area (TPSA) is 66.8 Å². The molecule has 4 aliphatic carbocycles. The van der Waals surface area contributed by atoms with Crippen molar-refractivity contribution < 1.29 is 19.7 Å². The number of hydrogen-bond acceptors (Lipinski definition) is 4. The molecule has 4 fully saturated rings. The average molecular weight is 379 g/mol.